The van der Waals surface area contributed by atoms with E-state index >= 15 is 0 Å². The molecule has 0 bridgehead atoms. The molecule has 206 valence electrons. The summed E-state index contributed by atoms with van der Waals surface area (Å²) in [6.45, 7) is 11.1. The van der Waals surface area contributed by atoms with Crippen LogP contribution in [0.25, 0.3) is 27.9 Å². The lowest BCUT2D eigenvalue weighted by Gasteiger charge is -2.32. The zero-order chi connectivity index (χ0) is 27.8. The van der Waals surface area contributed by atoms with Gasteiger partial charge in [0.15, 0.2) is 0 Å². The Bertz CT molecular complexity index is 1380. The third-order valence-electron chi connectivity index (χ3n) is 6.24. The lowest BCUT2D eigenvalue weighted by atomic mass is 10.0. The number of pyridine rings is 1. The first-order chi connectivity index (χ1) is 18.9. The number of anilines is 1. The molecule has 12 heteroatoms. The molecule has 1 saturated heterocycles. The maximum atomic E-state index is 14.8. The highest BCUT2D eigenvalue weighted by atomic mass is 19.1. The Kier molecular flexibility index (Phi) is 9.23. The number of H-pyrrole nitrogens is 1. The van der Waals surface area contributed by atoms with E-state index in [2.05, 4.69) is 48.7 Å². The van der Waals surface area contributed by atoms with Crippen molar-refractivity contribution in [2.45, 2.75) is 6.92 Å². The topological polar surface area (TPSA) is 134 Å². The maximum absolute atomic E-state index is 14.8. The second-order valence-electron chi connectivity index (χ2n) is 8.95. The molecule has 0 aliphatic carbocycles. The first-order valence-electron chi connectivity index (χ1n) is 12.6. The zero-order valence-electron chi connectivity index (χ0n) is 22.1. The smallest absolute Gasteiger partial charge is 0.413 e. The van der Waals surface area contributed by atoms with Gasteiger partial charge in [-0.2, -0.15) is 0 Å². The van der Waals surface area contributed by atoms with Crippen molar-refractivity contribution < 1.29 is 18.7 Å². The van der Waals surface area contributed by atoms with Crippen LogP contribution in [0.15, 0.2) is 54.1 Å². The van der Waals surface area contributed by atoms with Gasteiger partial charge in [0.25, 0.3) is 0 Å². The Morgan fingerprint density at radius 2 is 2.10 bits per heavy atom. The fraction of sp³-hybridized carbons (Fsp3) is 0.333. The van der Waals surface area contributed by atoms with Crippen LogP contribution >= 0.6 is 0 Å². The van der Waals surface area contributed by atoms with Crippen LogP contribution in [0.3, 0.4) is 0 Å². The van der Waals surface area contributed by atoms with Crippen LogP contribution < -0.4 is 11.1 Å². The van der Waals surface area contributed by atoms with E-state index in [4.69, 9.17) is 15.2 Å². The first-order valence-corrected chi connectivity index (χ1v) is 12.6. The van der Waals surface area contributed by atoms with Crippen molar-refractivity contribution >= 4 is 34.9 Å². The number of amides is 1. The largest absolute Gasteiger partial charge is 0.477 e. The van der Waals surface area contributed by atoms with Crippen molar-refractivity contribution in [3.05, 3.63) is 60.5 Å². The molecule has 0 atom stereocenters. The predicted octanol–water partition coefficient (Wildman–Crippen LogP) is 3.44. The summed E-state index contributed by atoms with van der Waals surface area (Å²) in [5, 5.41) is 2.53. The molecule has 1 amide bonds. The summed E-state index contributed by atoms with van der Waals surface area (Å²) in [5.74, 6) is -0.118. The number of hydrogen-bond donors (Lipinski definition) is 3. The molecule has 1 aliphatic rings. The Hall–Kier alpha value is -4.29. The van der Waals surface area contributed by atoms with E-state index in [1.165, 1.54) is 30.7 Å². The third-order valence-corrected chi connectivity index (χ3v) is 6.24. The van der Waals surface area contributed by atoms with Crippen molar-refractivity contribution in [2.24, 2.45) is 10.7 Å². The van der Waals surface area contributed by atoms with Crippen molar-refractivity contribution in [1.29, 1.82) is 0 Å². The molecule has 1 aromatic carbocycles. The zero-order valence-corrected chi connectivity index (χ0v) is 22.1. The number of aromatic amines is 1. The van der Waals surface area contributed by atoms with Gasteiger partial charge in [-0.05, 0) is 50.4 Å². The number of carbonyl (C=O) groups is 1. The average molecular weight is 537 g/mol. The molecule has 0 saturated carbocycles. The number of benzene rings is 1. The summed E-state index contributed by atoms with van der Waals surface area (Å²) in [6.07, 6.45) is 3.74. The lowest BCUT2D eigenvalue weighted by molar-refractivity contribution is 0.113. The molecular formula is C27H33FN8O3. The number of imidazole rings is 1. The number of rotatable bonds is 10. The van der Waals surface area contributed by atoms with Gasteiger partial charge in [-0.15, -0.1) is 0 Å². The summed E-state index contributed by atoms with van der Waals surface area (Å²) in [4.78, 5) is 32.5. The number of aromatic nitrogens is 3. The molecule has 39 heavy (non-hydrogen) atoms. The highest BCUT2D eigenvalue weighted by molar-refractivity contribution is 6.12. The third kappa shape index (κ3) is 7.18. The van der Waals surface area contributed by atoms with Crippen LogP contribution in [0.1, 0.15) is 12.5 Å². The Morgan fingerprint density at radius 1 is 1.31 bits per heavy atom. The summed E-state index contributed by atoms with van der Waals surface area (Å²) < 4.78 is 25.4. The fourth-order valence-corrected chi connectivity index (χ4v) is 4.13. The second kappa shape index (κ2) is 13.0. The van der Waals surface area contributed by atoms with E-state index in [-0.39, 0.29) is 24.1 Å². The van der Waals surface area contributed by atoms with Gasteiger partial charge in [-0.25, -0.2) is 19.2 Å². The molecule has 4 N–H and O–H groups in total. The number of aliphatic imine (C=N–C) groups is 1. The maximum Gasteiger partial charge on any atom is 0.413 e. The SMILES string of the molecule is C=C(/N=C\C(=C/N)c1cc(-c2ncccc2F)c2[nH]c(NC(=O)OCC)nc2c1)OCCN1CCN(C)CC1. The van der Waals surface area contributed by atoms with Crippen LogP contribution in [0, 0.1) is 5.82 Å². The minimum Gasteiger partial charge on any atom is -0.477 e. The number of ether oxygens (including phenoxy) is 2. The standard InChI is InChI=1S/C27H33FN8O3/c1-4-38-27(37)34-26-32-23-15-19(14-21(25(23)33-26)24-22(28)6-5-7-30-24)20(16-29)17-31-18(2)39-13-12-36-10-8-35(3)9-11-36/h5-7,14-17H,2,4,8-13,29H2,1,3H3,(H2,32,33,34,37)/b20-16+,31-17-. The van der Waals surface area contributed by atoms with Gasteiger partial charge in [0.05, 0.1) is 17.6 Å². The van der Waals surface area contributed by atoms with Crippen molar-refractivity contribution in [2.75, 3.05) is 58.3 Å². The van der Waals surface area contributed by atoms with E-state index in [0.717, 1.165) is 32.7 Å². The number of nitrogens with one attached hydrogen (secondary N) is 2. The van der Waals surface area contributed by atoms with Gasteiger partial charge >= 0.3 is 6.09 Å². The average Bonchev–Trinajstić information content (AvgIpc) is 3.32. The Balaban J connectivity index is 1.55. The van der Waals surface area contributed by atoms with E-state index in [1.807, 2.05) is 0 Å². The molecule has 2 aromatic heterocycles. The summed E-state index contributed by atoms with van der Waals surface area (Å²) in [6, 6.07) is 6.30. The van der Waals surface area contributed by atoms with E-state index in [1.54, 1.807) is 19.1 Å². The van der Waals surface area contributed by atoms with Crippen molar-refractivity contribution in [3.63, 3.8) is 0 Å². The number of fused-ring (bicyclic) bond motifs is 1. The Labute approximate surface area is 226 Å². The van der Waals surface area contributed by atoms with Crippen molar-refractivity contribution in [3.8, 4) is 11.3 Å². The van der Waals surface area contributed by atoms with Gasteiger partial charge in [0, 0.05) is 62.5 Å². The highest BCUT2D eigenvalue weighted by Gasteiger charge is 2.18. The van der Waals surface area contributed by atoms with Gasteiger partial charge < -0.3 is 25.1 Å². The molecule has 4 rings (SSSR count). The number of nitrogens with zero attached hydrogens (tertiary/aromatic N) is 5. The number of nitrogens with two attached hydrogens (primary N) is 1. The van der Waals surface area contributed by atoms with E-state index < -0.39 is 11.9 Å². The van der Waals surface area contributed by atoms with Gasteiger partial charge in [0.1, 0.15) is 18.1 Å². The number of piperazine rings is 1. The summed E-state index contributed by atoms with van der Waals surface area (Å²) in [5.41, 5.74) is 8.55. The predicted molar refractivity (Wildman–Crippen MR) is 150 cm³/mol. The van der Waals surface area contributed by atoms with E-state index in [0.29, 0.717) is 34.3 Å². The fourth-order valence-electron chi connectivity index (χ4n) is 4.13. The van der Waals surface area contributed by atoms with Gasteiger partial charge in [-0.3, -0.25) is 15.2 Å². The molecule has 1 aliphatic heterocycles. The molecular weight excluding hydrogens is 503 g/mol. The normalized spacial score (nSPS) is 15.1. The number of likely N-dealkylation sites (N-methyl/N-ethyl adjacent to an activating group) is 1. The quantitative estimate of drug-likeness (QED) is 0.265. The second-order valence-corrected chi connectivity index (χ2v) is 8.95. The monoisotopic (exact) mass is 536 g/mol. The number of halogens is 1. The first kappa shape index (κ1) is 27.7. The van der Waals surface area contributed by atoms with Gasteiger partial charge in [-0.1, -0.05) is 0 Å². The number of carbonyl (C=O) groups excluding carboxylic acids is 1. The molecule has 3 aromatic rings. The summed E-state index contributed by atoms with van der Waals surface area (Å²) in [7, 11) is 2.12. The highest BCUT2D eigenvalue weighted by Crippen LogP contribution is 2.32. The number of hydrogen-bond acceptors (Lipinski definition) is 9. The molecule has 3 heterocycles. The molecule has 1 fully saturated rings. The molecule has 0 unspecified atom stereocenters. The van der Waals surface area contributed by atoms with Crippen LogP contribution in [0.5, 0.6) is 0 Å². The van der Waals surface area contributed by atoms with Crippen LogP contribution in [0.4, 0.5) is 15.1 Å². The van der Waals surface area contributed by atoms with Crippen LogP contribution in [0.2, 0.25) is 0 Å². The molecule has 0 radical (unpaired) electrons. The minimum atomic E-state index is -0.664. The minimum absolute atomic E-state index is 0.112. The van der Waals surface area contributed by atoms with Crippen molar-refractivity contribution in [1.82, 2.24) is 24.8 Å². The summed E-state index contributed by atoms with van der Waals surface area (Å²) >= 11 is 0. The lowest BCUT2D eigenvalue weighted by Crippen LogP contribution is -2.45. The Morgan fingerprint density at radius 3 is 2.82 bits per heavy atom. The van der Waals surface area contributed by atoms with Gasteiger partial charge in [0.2, 0.25) is 11.8 Å². The molecule has 11 nitrogen and oxygen atoms in total. The number of allylic oxidation sites excluding steroid dienone is 1. The molecule has 0 spiro atoms. The van der Waals surface area contributed by atoms with Crippen LogP contribution in [-0.4, -0.2) is 90.0 Å². The van der Waals surface area contributed by atoms with Crippen LogP contribution in [-0.2, 0) is 9.47 Å². The van der Waals surface area contributed by atoms with E-state index in [9.17, 15) is 9.18 Å².